The first-order valence-corrected chi connectivity index (χ1v) is 9.03. The highest BCUT2D eigenvalue weighted by atomic mass is 16.5. The lowest BCUT2D eigenvalue weighted by Crippen LogP contribution is -2.48. The molecule has 0 unspecified atom stereocenters. The van der Waals surface area contributed by atoms with Crippen molar-refractivity contribution in [3.05, 3.63) is 54.0 Å². The number of hydrogen-bond donors (Lipinski definition) is 0. The van der Waals surface area contributed by atoms with E-state index in [4.69, 9.17) is 9.15 Å². The van der Waals surface area contributed by atoms with E-state index < -0.39 is 0 Å². The number of carbonyl (C=O) groups excluding carboxylic acids is 1. The van der Waals surface area contributed by atoms with Crippen LogP contribution in [0, 0.1) is 0 Å². The minimum atomic E-state index is -0.000891. The number of ether oxygens (including phenoxy) is 1. The van der Waals surface area contributed by atoms with Crippen LogP contribution in [0.1, 0.15) is 29.5 Å². The predicted octanol–water partition coefficient (Wildman–Crippen LogP) is 3.07. The zero-order valence-electron chi connectivity index (χ0n) is 14.8. The number of nitrogens with zero attached hydrogens (tertiary/aromatic N) is 2. The molecule has 1 amide bonds. The Morgan fingerprint density at radius 3 is 2.52 bits per heavy atom. The molecule has 1 fully saturated rings. The molecule has 5 nitrogen and oxygen atoms in total. The van der Waals surface area contributed by atoms with Crippen LogP contribution in [0.3, 0.4) is 0 Å². The van der Waals surface area contributed by atoms with Gasteiger partial charge in [-0.05, 0) is 56.1 Å². The largest absolute Gasteiger partial charge is 0.494 e. The van der Waals surface area contributed by atoms with Crippen LogP contribution in [0.25, 0.3) is 0 Å². The maximum atomic E-state index is 12.2. The SMILES string of the molecule is CCOc1ccc(CCCN2CCN(C(=O)c3ccco3)CC2)cc1. The second kappa shape index (κ2) is 8.72. The molecular weight excluding hydrogens is 316 g/mol. The van der Waals surface area contributed by atoms with Crippen molar-refractivity contribution in [2.75, 3.05) is 39.3 Å². The molecule has 2 heterocycles. The number of benzene rings is 1. The summed E-state index contributed by atoms with van der Waals surface area (Å²) in [4.78, 5) is 16.6. The second-order valence-corrected chi connectivity index (χ2v) is 6.29. The molecule has 2 aromatic rings. The van der Waals surface area contributed by atoms with Crippen LogP contribution in [0.5, 0.6) is 5.75 Å². The fourth-order valence-electron chi connectivity index (χ4n) is 3.16. The molecule has 5 heteroatoms. The van der Waals surface area contributed by atoms with Gasteiger partial charge in [0.05, 0.1) is 12.9 Å². The van der Waals surface area contributed by atoms with Crippen molar-refractivity contribution in [2.45, 2.75) is 19.8 Å². The van der Waals surface area contributed by atoms with E-state index in [-0.39, 0.29) is 5.91 Å². The van der Waals surface area contributed by atoms with Crippen LogP contribution in [0.2, 0.25) is 0 Å². The monoisotopic (exact) mass is 342 g/mol. The molecule has 25 heavy (non-hydrogen) atoms. The van der Waals surface area contributed by atoms with Crippen molar-refractivity contribution in [3.8, 4) is 5.75 Å². The van der Waals surface area contributed by atoms with Gasteiger partial charge in [-0.3, -0.25) is 9.69 Å². The van der Waals surface area contributed by atoms with E-state index in [0.717, 1.165) is 51.3 Å². The van der Waals surface area contributed by atoms with Gasteiger partial charge in [0.2, 0.25) is 0 Å². The summed E-state index contributed by atoms with van der Waals surface area (Å²) in [6.45, 7) is 7.15. The molecule has 0 aliphatic carbocycles. The Morgan fingerprint density at radius 2 is 1.88 bits per heavy atom. The zero-order chi connectivity index (χ0) is 17.5. The van der Waals surface area contributed by atoms with E-state index in [9.17, 15) is 4.79 Å². The first-order chi connectivity index (χ1) is 12.3. The number of rotatable bonds is 7. The van der Waals surface area contributed by atoms with Crippen LogP contribution >= 0.6 is 0 Å². The molecule has 0 N–H and O–H groups in total. The first-order valence-electron chi connectivity index (χ1n) is 9.03. The molecule has 134 valence electrons. The van der Waals surface area contributed by atoms with Crippen molar-refractivity contribution in [1.82, 2.24) is 9.80 Å². The normalized spacial score (nSPS) is 15.3. The van der Waals surface area contributed by atoms with Gasteiger partial charge in [0, 0.05) is 26.2 Å². The lowest BCUT2D eigenvalue weighted by molar-refractivity contribution is 0.0605. The standard InChI is InChI=1S/C20H26N2O3/c1-2-24-18-9-7-17(8-10-18)5-3-11-21-12-14-22(15-13-21)20(23)19-6-4-16-25-19/h4,6-10,16H,2-3,5,11-15H2,1H3. The Kier molecular flexibility index (Phi) is 6.12. The lowest BCUT2D eigenvalue weighted by atomic mass is 10.1. The Bertz CT molecular complexity index is 644. The maximum absolute atomic E-state index is 12.2. The van der Waals surface area contributed by atoms with Gasteiger partial charge in [-0.25, -0.2) is 0 Å². The topological polar surface area (TPSA) is 45.9 Å². The molecule has 0 bridgehead atoms. The number of hydrogen-bond acceptors (Lipinski definition) is 4. The molecule has 1 aromatic heterocycles. The molecule has 3 rings (SSSR count). The van der Waals surface area contributed by atoms with Gasteiger partial charge in [-0.2, -0.15) is 0 Å². The lowest BCUT2D eigenvalue weighted by Gasteiger charge is -2.34. The van der Waals surface area contributed by atoms with Crippen molar-refractivity contribution in [1.29, 1.82) is 0 Å². The van der Waals surface area contributed by atoms with Gasteiger partial charge in [-0.1, -0.05) is 12.1 Å². The number of aryl methyl sites for hydroxylation is 1. The first kappa shape index (κ1) is 17.5. The number of piperazine rings is 1. The summed E-state index contributed by atoms with van der Waals surface area (Å²) in [5, 5.41) is 0. The molecule has 0 saturated carbocycles. The maximum Gasteiger partial charge on any atom is 0.289 e. The van der Waals surface area contributed by atoms with Crippen LogP contribution in [0.4, 0.5) is 0 Å². The fraction of sp³-hybridized carbons (Fsp3) is 0.450. The third-order valence-corrected chi connectivity index (χ3v) is 4.57. The van der Waals surface area contributed by atoms with Crippen LogP contribution < -0.4 is 4.74 Å². The van der Waals surface area contributed by atoms with E-state index in [0.29, 0.717) is 12.4 Å². The van der Waals surface area contributed by atoms with E-state index in [1.807, 2.05) is 24.0 Å². The molecule has 0 spiro atoms. The Hall–Kier alpha value is -2.27. The predicted molar refractivity (Wildman–Crippen MR) is 97.0 cm³/mol. The molecule has 1 saturated heterocycles. The van der Waals surface area contributed by atoms with Crippen LogP contribution in [-0.2, 0) is 6.42 Å². The molecule has 1 aromatic carbocycles. The summed E-state index contributed by atoms with van der Waals surface area (Å²) in [6.07, 6.45) is 3.74. The number of amides is 1. The number of furan rings is 1. The summed E-state index contributed by atoms with van der Waals surface area (Å²) >= 11 is 0. The summed E-state index contributed by atoms with van der Waals surface area (Å²) < 4.78 is 10.7. The van der Waals surface area contributed by atoms with Gasteiger partial charge in [0.1, 0.15) is 5.75 Å². The molecule has 0 radical (unpaired) electrons. The van der Waals surface area contributed by atoms with Crippen LogP contribution in [-0.4, -0.2) is 55.0 Å². The van der Waals surface area contributed by atoms with Crippen molar-refractivity contribution < 1.29 is 13.9 Å². The van der Waals surface area contributed by atoms with Gasteiger partial charge in [0.25, 0.3) is 5.91 Å². The summed E-state index contributed by atoms with van der Waals surface area (Å²) in [7, 11) is 0. The summed E-state index contributed by atoms with van der Waals surface area (Å²) in [6, 6.07) is 11.8. The van der Waals surface area contributed by atoms with Crippen molar-refractivity contribution in [2.24, 2.45) is 0 Å². The molecule has 1 aliphatic rings. The minimum absolute atomic E-state index is 0.000891. The third kappa shape index (κ3) is 4.86. The highest BCUT2D eigenvalue weighted by Crippen LogP contribution is 2.14. The van der Waals surface area contributed by atoms with Crippen molar-refractivity contribution in [3.63, 3.8) is 0 Å². The second-order valence-electron chi connectivity index (χ2n) is 6.29. The smallest absolute Gasteiger partial charge is 0.289 e. The Morgan fingerprint density at radius 1 is 1.12 bits per heavy atom. The fourth-order valence-corrected chi connectivity index (χ4v) is 3.16. The quantitative estimate of drug-likeness (QED) is 0.776. The third-order valence-electron chi connectivity index (χ3n) is 4.57. The highest BCUT2D eigenvalue weighted by molar-refractivity contribution is 5.91. The zero-order valence-corrected chi connectivity index (χ0v) is 14.8. The van der Waals surface area contributed by atoms with Gasteiger partial charge < -0.3 is 14.1 Å². The number of carbonyl (C=O) groups is 1. The van der Waals surface area contributed by atoms with E-state index in [1.54, 1.807) is 18.4 Å². The molecule has 1 aliphatic heterocycles. The van der Waals surface area contributed by atoms with Gasteiger partial charge >= 0.3 is 0 Å². The van der Waals surface area contributed by atoms with Crippen molar-refractivity contribution >= 4 is 5.91 Å². The van der Waals surface area contributed by atoms with E-state index in [1.165, 1.54) is 5.56 Å². The summed E-state index contributed by atoms with van der Waals surface area (Å²) in [5.74, 6) is 1.37. The Labute approximate surface area is 149 Å². The van der Waals surface area contributed by atoms with Gasteiger partial charge in [-0.15, -0.1) is 0 Å². The Balaban J connectivity index is 1.37. The van der Waals surface area contributed by atoms with Gasteiger partial charge in [0.15, 0.2) is 5.76 Å². The van der Waals surface area contributed by atoms with Crippen LogP contribution in [0.15, 0.2) is 47.1 Å². The summed E-state index contributed by atoms with van der Waals surface area (Å²) in [5.41, 5.74) is 1.34. The minimum Gasteiger partial charge on any atom is -0.494 e. The van der Waals surface area contributed by atoms with E-state index in [2.05, 4.69) is 17.0 Å². The van der Waals surface area contributed by atoms with E-state index >= 15 is 0 Å². The average molecular weight is 342 g/mol. The highest BCUT2D eigenvalue weighted by Gasteiger charge is 2.23. The molecular formula is C20H26N2O3. The average Bonchev–Trinajstić information content (AvgIpc) is 3.18. The molecule has 0 atom stereocenters.